The van der Waals surface area contributed by atoms with E-state index >= 15 is 0 Å². The summed E-state index contributed by atoms with van der Waals surface area (Å²) in [6.45, 7) is 2.69. The average molecular weight is 373 g/mol. The highest BCUT2D eigenvalue weighted by molar-refractivity contribution is 5.29. The van der Waals surface area contributed by atoms with E-state index in [1.165, 1.54) is 12.1 Å². The van der Waals surface area contributed by atoms with Crippen LogP contribution in [0.5, 0.6) is 5.75 Å². The molecule has 1 aromatic rings. The van der Waals surface area contributed by atoms with E-state index in [9.17, 15) is 13.2 Å². The van der Waals surface area contributed by atoms with Gasteiger partial charge in [0, 0.05) is 6.61 Å². The molecular weight excluding hydrogens is 347 g/mol. The number of hydrogen-bond acceptors (Lipinski definition) is 4. The normalized spacial score (nSPS) is 23.6. The van der Waals surface area contributed by atoms with E-state index in [1.54, 1.807) is 12.1 Å². The van der Waals surface area contributed by atoms with Crippen molar-refractivity contribution in [3.8, 4) is 5.75 Å². The Labute approximate surface area is 152 Å². The first-order chi connectivity index (χ1) is 12.5. The second-order valence-electron chi connectivity index (χ2n) is 6.97. The Morgan fingerprint density at radius 1 is 1.08 bits per heavy atom. The topological polar surface area (TPSA) is 39.7 Å². The van der Waals surface area contributed by atoms with Gasteiger partial charge in [0.2, 0.25) is 0 Å². The molecule has 2 aliphatic heterocycles. The summed E-state index contributed by atoms with van der Waals surface area (Å²) in [4.78, 5) is 0. The van der Waals surface area contributed by atoms with Gasteiger partial charge < -0.3 is 19.5 Å². The molecule has 2 atom stereocenters. The Bertz CT molecular complexity index is 518. The summed E-state index contributed by atoms with van der Waals surface area (Å²) < 4.78 is 52.9. The van der Waals surface area contributed by atoms with Crippen molar-refractivity contribution in [2.24, 2.45) is 5.92 Å². The monoisotopic (exact) mass is 373 g/mol. The highest BCUT2D eigenvalue weighted by Gasteiger charge is 2.31. The molecule has 4 nitrogen and oxygen atoms in total. The lowest BCUT2D eigenvalue weighted by atomic mass is 9.89. The molecule has 0 spiro atoms. The van der Waals surface area contributed by atoms with Crippen molar-refractivity contribution in [2.75, 3.05) is 19.7 Å². The summed E-state index contributed by atoms with van der Waals surface area (Å²) in [6.07, 6.45) is 0.899. The van der Waals surface area contributed by atoms with Crippen LogP contribution in [0.25, 0.3) is 0 Å². The fourth-order valence-corrected chi connectivity index (χ4v) is 3.58. The van der Waals surface area contributed by atoms with Crippen LogP contribution in [-0.2, 0) is 9.47 Å². The first kappa shape index (κ1) is 19.5. The number of nitrogens with one attached hydrogen (secondary N) is 1. The van der Waals surface area contributed by atoms with Gasteiger partial charge in [-0.05, 0) is 75.2 Å². The fourth-order valence-electron chi connectivity index (χ4n) is 3.58. The minimum Gasteiger partial charge on any atom is -0.406 e. The minimum absolute atomic E-state index is 0.180. The number of benzene rings is 1. The van der Waals surface area contributed by atoms with Gasteiger partial charge in [0.25, 0.3) is 0 Å². The van der Waals surface area contributed by atoms with E-state index in [1.807, 2.05) is 0 Å². The molecule has 0 radical (unpaired) electrons. The number of piperidine rings is 1. The van der Waals surface area contributed by atoms with E-state index in [4.69, 9.17) is 9.47 Å². The maximum absolute atomic E-state index is 12.3. The van der Waals surface area contributed by atoms with Gasteiger partial charge in [-0.3, -0.25) is 0 Å². The molecule has 1 N–H and O–H groups in total. The molecule has 0 aliphatic carbocycles. The average Bonchev–Trinajstić information content (AvgIpc) is 2.62. The number of rotatable bonds is 6. The Morgan fingerprint density at radius 2 is 1.81 bits per heavy atom. The summed E-state index contributed by atoms with van der Waals surface area (Å²) in [6, 6.07) is 6.03. The van der Waals surface area contributed by atoms with E-state index in [2.05, 4.69) is 10.1 Å². The smallest absolute Gasteiger partial charge is 0.406 e. The van der Waals surface area contributed by atoms with Crippen LogP contribution in [0.4, 0.5) is 13.2 Å². The number of alkyl halides is 3. The molecule has 26 heavy (non-hydrogen) atoms. The molecule has 3 rings (SSSR count). The van der Waals surface area contributed by atoms with Crippen molar-refractivity contribution in [1.82, 2.24) is 5.32 Å². The van der Waals surface area contributed by atoms with Crippen molar-refractivity contribution in [1.29, 1.82) is 0 Å². The van der Waals surface area contributed by atoms with Crippen LogP contribution in [0.1, 0.15) is 50.2 Å². The summed E-state index contributed by atoms with van der Waals surface area (Å²) >= 11 is 0. The van der Waals surface area contributed by atoms with Crippen molar-refractivity contribution in [3.63, 3.8) is 0 Å². The van der Waals surface area contributed by atoms with Crippen LogP contribution in [0.15, 0.2) is 24.3 Å². The molecule has 0 aromatic heterocycles. The van der Waals surface area contributed by atoms with Gasteiger partial charge in [-0.1, -0.05) is 12.1 Å². The van der Waals surface area contributed by atoms with Gasteiger partial charge in [0.15, 0.2) is 6.29 Å². The van der Waals surface area contributed by atoms with Crippen molar-refractivity contribution in [2.45, 2.75) is 57.3 Å². The maximum Gasteiger partial charge on any atom is 0.573 e. The van der Waals surface area contributed by atoms with Crippen LogP contribution in [0, 0.1) is 5.92 Å². The summed E-state index contributed by atoms with van der Waals surface area (Å²) in [7, 11) is 0. The van der Waals surface area contributed by atoms with Crippen molar-refractivity contribution in [3.05, 3.63) is 29.8 Å². The van der Waals surface area contributed by atoms with Crippen LogP contribution in [0.2, 0.25) is 0 Å². The number of ether oxygens (including phenoxy) is 3. The Kier molecular flexibility index (Phi) is 6.78. The van der Waals surface area contributed by atoms with Gasteiger partial charge in [-0.25, -0.2) is 0 Å². The van der Waals surface area contributed by atoms with Gasteiger partial charge >= 0.3 is 6.36 Å². The third-order valence-electron chi connectivity index (χ3n) is 4.95. The first-order valence-corrected chi connectivity index (χ1v) is 9.33. The first-order valence-electron chi connectivity index (χ1n) is 9.33. The van der Waals surface area contributed by atoms with Crippen LogP contribution >= 0.6 is 0 Å². The standard InChI is InChI=1S/C19H26F3NO3/c20-19(21,22)26-16-6-4-15(5-7-16)17(13-14-8-10-23-11-9-14)25-18-3-1-2-12-24-18/h4-7,14,17-18,23H,1-3,8-13H2. The highest BCUT2D eigenvalue weighted by Crippen LogP contribution is 2.33. The molecule has 0 amide bonds. The molecule has 0 saturated carbocycles. The SMILES string of the molecule is FC(F)(F)Oc1ccc(C(CC2CCNCC2)OC2CCCCO2)cc1. The molecule has 1 aromatic carbocycles. The lowest BCUT2D eigenvalue weighted by Gasteiger charge is -2.31. The second-order valence-corrected chi connectivity index (χ2v) is 6.97. The minimum atomic E-state index is -4.68. The highest BCUT2D eigenvalue weighted by atomic mass is 19.4. The zero-order valence-corrected chi connectivity index (χ0v) is 14.8. The summed E-state index contributed by atoms with van der Waals surface area (Å²) in [5.41, 5.74) is 0.868. The zero-order valence-electron chi connectivity index (χ0n) is 14.8. The molecular formula is C19H26F3NO3. The van der Waals surface area contributed by atoms with Gasteiger partial charge in [0.1, 0.15) is 5.75 Å². The molecule has 0 bridgehead atoms. The third kappa shape index (κ3) is 6.14. The van der Waals surface area contributed by atoms with Gasteiger partial charge in [-0.2, -0.15) is 0 Å². The molecule has 2 unspecified atom stereocenters. The Hall–Kier alpha value is -1.31. The molecule has 146 valence electrons. The van der Waals surface area contributed by atoms with E-state index in [0.717, 1.165) is 57.2 Å². The summed E-state index contributed by atoms with van der Waals surface area (Å²) in [5, 5.41) is 3.35. The van der Waals surface area contributed by atoms with Gasteiger partial charge in [-0.15, -0.1) is 13.2 Å². The Balaban J connectivity index is 1.68. The number of halogens is 3. The van der Waals surface area contributed by atoms with E-state index in [-0.39, 0.29) is 18.1 Å². The Morgan fingerprint density at radius 3 is 2.42 bits per heavy atom. The lowest BCUT2D eigenvalue weighted by molar-refractivity contribution is -0.274. The molecule has 2 heterocycles. The molecule has 7 heteroatoms. The van der Waals surface area contributed by atoms with Crippen LogP contribution in [-0.4, -0.2) is 32.3 Å². The largest absolute Gasteiger partial charge is 0.573 e. The van der Waals surface area contributed by atoms with Crippen molar-refractivity contribution >= 4 is 0 Å². The zero-order chi connectivity index (χ0) is 18.4. The quantitative estimate of drug-likeness (QED) is 0.794. The van der Waals surface area contributed by atoms with Crippen LogP contribution in [0.3, 0.4) is 0 Å². The lowest BCUT2D eigenvalue weighted by Crippen LogP contribution is -2.30. The molecule has 2 fully saturated rings. The third-order valence-corrected chi connectivity index (χ3v) is 4.95. The predicted molar refractivity (Wildman–Crippen MR) is 90.8 cm³/mol. The molecule has 2 saturated heterocycles. The maximum atomic E-state index is 12.3. The van der Waals surface area contributed by atoms with Crippen molar-refractivity contribution < 1.29 is 27.4 Å². The number of hydrogen-bond donors (Lipinski definition) is 1. The van der Waals surface area contributed by atoms with Crippen LogP contribution < -0.4 is 10.1 Å². The fraction of sp³-hybridized carbons (Fsp3) is 0.684. The van der Waals surface area contributed by atoms with Gasteiger partial charge in [0.05, 0.1) is 6.10 Å². The van der Waals surface area contributed by atoms with E-state index in [0.29, 0.717) is 12.5 Å². The molecule has 2 aliphatic rings. The second kappa shape index (κ2) is 9.06. The summed E-state index contributed by atoms with van der Waals surface area (Å²) in [5.74, 6) is 0.326. The predicted octanol–water partition coefficient (Wildman–Crippen LogP) is 4.56. The van der Waals surface area contributed by atoms with E-state index < -0.39 is 6.36 Å².